The first-order chi connectivity index (χ1) is 10.2. The van der Waals surface area contributed by atoms with E-state index >= 15 is 0 Å². The number of anilines is 1. The van der Waals surface area contributed by atoms with Crippen LogP contribution in [0.3, 0.4) is 0 Å². The number of nitrogens with one attached hydrogen (secondary N) is 3. The molecule has 0 atom stereocenters. The highest BCUT2D eigenvalue weighted by atomic mass is 16.1. The predicted octanol–water partition coefficient (Wildman–Crippen LogP) is 1.75. The van der Waals surface area contributed by atoms with Crippen molar-refractivity contribution < 1.29 is 4.79 Å². The normalized spacial score (nSPS) is 11.5. The molecule has 0 aliphatic carbocycles. The molecule has 0 aromatic heterocycles. The van der Waals surface area contributed by atoms with Crippen molar-refractivity contribution in [3.63, 3.8) is 0 Å². The van der Waals surface area contributed by atoms with Crippen molar-refractivity contribution >= 4 is 23.1 Å². The Morgan fingerprint density at radius 2 is 2.05 bits per heavy atom. The molecule has 0 bridgehead atoms. The maximum Gasteiger partial charge on any atom is 0.252 e. The van der Waals surface area contributed by atoms with Crippen LogP contribution >= 0.6 is 0 Å². The van der Waals surface area contributed by atoms with Crippen LogP contribution in [0.2, 0.25) is 0 Å². The molecule has 1 aromatic rings. The standard InChI is InChI=1S/C15H20N6O/c1-9-10(14(22)19-15(2,3)4)6-5-7-11(9)20-21-12(8-16)13(17)18/h5-7,20H,1-4H3,(H3,17,18)(H,19,22)/b21-12+. The Balaban J connectivity index is 3.07. The van der Waals surface area contributed by atoms with Crippen LogP contribution in [0.5, 0.6) is 0 Å². The van der Waals surface area contributed by atoms with Gasteiger partial charge in [0, 0.05) is 11.1 Å². The van der Waals surface area contributed by atoms with Crippen LogP contribution in [0.15, 0.2) is 23.3 Å². The number of nitrogens with two attached hydrogens (primary N) is 1. The second kappa shape index (κ2) is 6.72. The van der Waals surface area contributed by atoms with E-state index in [2.05, 4.69) is 15.8 Å². The Labute approximate surface area is 129 Å². The molecule has 0 saturated heterocycles. The van der Waals surface area contributed by atoms with Gasteiger partial charge in [-0.15, -0.1) is 0 Å². The summed E-state index contributed by atoms with van der Waals surface area (Å²) in [4.78, 5) is 12.3. The smallest absolute Gasteiger partial charge is 0.252 e. The van der Waals surface area contributed by atoms with Crippen molar-refractivity contribution in [1.82, 2.24) is 5.32 Å². The fraction of sp³-hybridized carbons (Fsp3) is 0.333. The molecule has 0 aliphatic heterocycles. The Bertz CT molecular complexity index is 664. The van der Waals surface area contributed by atoms with E-state index in [0.717, 1.165) is 0 Å². The van der Waals surface area contributed by atoms with Gasteiger partial charge in [0.25, 0.3) is 5.91 Å². The summed E-state index contributed by atoms with van der Waals surface area (Å²) in [6.07, 6.45) is 0. The molecule has 22 heavy (non-hydrogen) atoms. The quantitative estimate of drug-likeness (QED) is 0.383. The SMILES string of the molecule is Cc1c(N/N=C(\C#N)C(=N)N)cccc1C(=O)NC(C)(C)C. The molecule has 1 aromatic carbocycles. The molecule has 116 valence electrons. The van der Waals surface area contributed by atoms with Crippen molar-refractivity contribution in [2.24, 2.45) is 10.8 Å². The summed E-state index contributed by atoms with van der Waals surface area (Å²) in [5.74, 6) is -0.612. The summed E-state index contributed by atoms with van der Waals surface area (Å²) >= 11 is 0. The summed E-state index contributed by atoms with van der Waals surface area (Å²) in [5, 5.41) is 22.7. The van der Waals surface area contributed by atoms with Gasteiger partial charge in [-0.25, -0.2) is 0 Å². The number of amidine groups is 1. The molecule has 7 heteroatoms. The molecular weight excluding hydrogens is 280 g/mol. The fourth-order valence-corrected chi connectivity index (χ4v) is 1.67. The monoisotopic (exact) mass is 300 g/mol. The predicted molar refractivity (Wildman–Crippen MR) is 87.0 cm³/mol. The van der Waals surface area contributed by atoms with Gasteiger partial charge in [0.15, 0.2) is 5.84 Å². The van der Waals surface area contributed by atoms with Crippen molar-refractivity contribution in [3.05, 3.63) is 29.3 Å². The number of hydrogen-bond acceptors (Lipinski definition) is 5. The summed E-state index contributed by atoms with van der Waals surface area (Å²) in [7, 11) is 0. The molecule has 0 spiro atoms. The lowest BCUT2D eigenvalue weighted by Gasteiger charge is -2.21. The molecule has 0 radical (unpaired) electrons. The van der Waals surface area contributed by atoms with Crippen molar-refractivity contribution in [2.75, 3.05) is 5.43 Å². The van der Waals surface area contributed by atoms with Crippen LogP contribution in [0.25, 0.3) is 0 Å². The maximum absolute atomic E-state index is 12.3. The average molecular weight is 300 g/mol. The number of benzene rings is 1. The van der Waals surface area contributed by atoms with Gasteiger partial charge in [0.05, 0.1) is 5.69 Å². The van der Waals surface area contributed by atoms with E-state index in [4.69, 9.17) is 16.4 Å². The number of nitriles is 1. The zero-order valence-electron chi connectivity index (χ0n) is 13.1. The van der Waals surface area contributed by atoms with Crippen molar-refractivity contribution in [1.29, 1.82) is 10.7 Å². The molecule has 0 fully saturated rings. The first kappa shape index (κ1) is 17.2. The minimum absolute atomic E-state index is 0.190. The second-order valence-corrected chi connectivity index (χ2v) is 5.78. The molecule has 0 saturated carbocycles. The van der Waals surface area contributed by atoms with Crippen LogP contribution in [-0.4, -0.2) is 23.0 Å². The topological polar surface area (TPSA) is 127 Å². The van der Waals surface area contributed by atoms with Crippen LogP contribution < -0.4 is 16.5 Å². The minimum Gasteiger partial charge on any atom is -0.382 e. The first-order valence-electron chi connectivity index (χ1n) is 6.66. The van der Waals surface area contributed by atoms with Gasteiger partial charge in [-0.1, -0.05) is 6.07 Å². The highest BCUT2D eigenvalue weighted by Crippen LogP contribution is 2.19. The zero-order valence-corrected chi connectivity index (χ0v) is 13.1. The van der Waals surface area contributed by atoms with E-state index in [1.165, 1.54) is 0 Å². The molecule has 1 amide bonds. The van der Waals surface area contributed by atoms with Gasteiger partial charge in [0.1, 0.15) is 6.07 Å². The number of carbonyl (C=O) groups is 1. The third kappa shape index (κ3) is 4.59. The fourth-order valence-electron chi connectivity index (χ4n) is 1.67. The number of nitrogens with zero attached hydrogens (tertiary/aromatic N) is 2. The molecule has 5 N–H and O–H groups in total. The van der Waals surface area contributed by atoms with Crippen LogP contribution in [-0.2, 0) is 0 Å². The molecule has 0 heterocycles. The number of rotatable bonds is 4. The van der Waals surface area contributed by atoms with Crippen LogP contribution in [0.4, 0.5) is 5.69 Å². The molecule has 1 rings (SSSR count). The Kier molecular flexibility index (Phi) is 5.24. The summed E-state index contributed by atoms with van der Waals surface area (Å²) < 4.78 is 0. The van der Waals surface area contributed by atoms with Gasteiger partial charge < -0.3 is 11.1 Å². The van der Waals surface area contributed by atoms with E-state index in [1.807, 2.05) is 20.8 Å². The lowest BCUT2D eigenvalue weighted by Crippen LogP contribution is -2.40. The van der Waals surface area contributed by atoms with Gasteiger partial charge >= 0.3 is 0 Å². The highest BCUT2D eigenvalue weighted by molar-refractivity contribution is 6.45. The Morgan fingerprint density at radius 3 is 2.55 bits per heavy atom. The Morgan fingerprint density at radius 1 is 1.41 bits per heavy atom. The van der Waals surface area contributed by atoms with Crippen LogP contribution in [0.1, 0.15) is 36.7 Å². The van der Waals surface area contributed by atoms with Gasteiger partial charge in [-0.05, 0) is 45.4 Å². The van der Waals surface area contributed by atoms with Crippen LogP contribution in [0, 0.1) is 23.7 Å². The summed E-state index contributed by atoms with van der Waals surface area (Å²) in [6, 6.07) is 6.86. The lowest BCUT2D eigenvalue weighted by atomic mass is 10.0. The first-order valence-corrected chi connectivity index (χ1v) is 6.66. The maximum atomic E-state index is 12.3. The van der Waals surface area contributed by atoms with Crippen molar-refractivity contribution in [2.45, 2.75) is 33.2 Å². The third-order valence-corrected chi connectivity index (χ3v) is 2.72. The van der Waals surface area contributed by atoms with E-state index in [0.29, 0.717) is 16.8 Å². The number of carbonyl (C=O) groups excluding carboxylic acids is 1. The second-order valence-electron chi connectivity index (χ2n) is 5.78. The number of hydrazone groups is 1. The Hall–Kier alpha value is -2.88. The molecule has 0 aliphatic rings. The number of amides is 1. The average Bonchev–Trinajstić information content (AvgIpc) is 2.38. The van der Waals surface area contributed by atoms with Gasteiger partial charge in [-0.3, -0.25) is 15.6 Å². The lowest BCUT2D eigenvalue weighted by molar-refractivity contribution is 0.0919. The molecule has 0 unspecified atom stereocenters. The summed E-state index contributed by atoms with van der Waals surface area (Å²) in [6.45, 7) is 7.48. The highest BCUT2D eigenvalue weighted by Gasteiger charge is 2.17. The summed E-state index contributed by atoms with van der Waals surface area (Å²) in [5.41, 5.74) is 9.10. The largest absolute Gasteiger partial charge is 0.382 e. The van der Waals surface area contributed by atoms with E-state index in [1.54, 1.807) is 31.2 Å². The molecular formula is C15H20N6O. The van der Waals surface area contributed by atoms with Crippen molar-refractivity contribution in [3.8, 4) is 6.07 Å². The zero-order chi connectivity index (χ0) is 16.9. The van der Waals surface area contributed by atoms with E-state index < -0.39 is 5.84 Å². The van der Waals surface area contributed by atoms with E-state index in [-0.39, 0.29) is 17.2 Å². The van der Waals surface area contributed by atoms with E-state index in [9.17, 15) is 4.79 Å². The minimum atomic E-state index is -0.422. The van der Waals surface area contributed by atoms with Gasteiger partial charge in [0.2, 0.25) is 5.71 Å². The van der Waals surface area contributed by atoms with Gasteiger partial charge in [-0.2, -0.15) is 10.4 Å². The molecule has 7 nitrogen and oxygen atoms in total. The third-order valence-electron chi connectivity index (χ3n) is 2.72. The number of hydrogen-bond donors (Lipinski definition) is 4.